The van der Waals surface area contributed by atoms with Crippen molar-refractivity contribution < 1.29 is 9.59 Å². The van der Waals surface area contributed by atoms with E-state index in [2.05, 4.69) is 22.0 Å². The third-order valence-corrected chi connectivity index (χ3v) is 5.01. The summed E-state index contributed by atoms with van der Waals surface area (Å²) in [5.74, 6) is -0.0315. The van der Waals surface area contributed by atoms with Gasteiger partial charge in [-0.15, -0.1) is 0 Å². The van der Waals surface area contributed by atoms with Crippen LogP contribution >= 0.6 is 0 Å². The molecular weight excluding hydrogens is 314 g/mol. The Labute approximate surface area is 146 Å². The topological polar surface area (TPSA) is 70.2 Å². The van der Waals surface area contributed by atoms with Gasteiger partial charge in [0.05, 0.1) is 6.04 Å². The van der Waals surface area contributed by atoms with Crippen LogP contribution in [0.2, 0.25) is 0 Å². The highest BCUT2D eigenvalue weighted by molar-refractivity contribution is 5.93. The van der Waals surface area contributed by atoms with Crippen molar-refractivity contribution in [2.45, 2.75) is 38.3 Å². The van der Waals surface area contributed by atoms with Gasteiger partial charge >= 0.3 is 0 Å². The van der Waals surface area contributed by atoms with Crippen LogP contribution in [0.1, 0.15) is 35.6 Å². The van der Waals surface area contributed by atoms with Crippen molar-refractivity contribution in [1.29, 1.82) is 0 Å². The number of anilines is 2. The Kier molecular flexibility index (Phi) is 3.92. The molecular formula is C20H21N3O2. The first-order valence-electron chi connectivity index (χ1n) is 8.66. The molecule has 2 aromatic rings. The quantitative estimate of drug-likeness (QED) is 0.790. The molecule has 0 aliphatic carbocycles. The average Bonchev–Trinajstić information content (AvgIpc) is 2.98. The molecule has 0 saturated heterocycles. The molecule has 2 atom stereocenters. The molecule has 3 N–H and O–H groups in total. The van der Waals surface area contributed by atoms with Gasteiger partial charge in [0, 0.05) is 24.2 Å². The summed E-state index contributed by atoms with van der Waals surface area (Å²) in [5, 5.41) is 9.39. The van der Waals surface area contributed by atoms with Crippen LogP contribution in [-0.4, -0.2) is 17.9 Å². The fourth-order valence-corrected chi connectivity index (χ4v) is 3.69. The molecule has 0 saturated carbocycles. The van der Waals surface area contributed by atoms with E-state index in [0.29, 0.717) is 19.3 Å². The fraction of sp³-hybridized carbons (Fsp3) is 0.300. The minimum absolute atomic E-state index is 0.00813. The van der Waals surface area contributed by atoms with Gasteiger partial charge in [0.25, 0.3) is 0 Å². The van der Waals surface area contributed by atoms with Gasteiger partial charge in [-0.2, -0.15) is 0 Å². The van der Waals surface area contributed by atoms with E-state index < -0.39 is 0 Å². The molecule has 0 radical (unpaired) electrons. The van der Waals surface area contributed by atoms with Gasteiger partial charge < -0.3 is 16.0 Å². The van der Waals surface area contributed by atoms with Crippen molar-refractivity contribution >= 4 is 23.2 Å². The highest BCUT2D eigenvalue weighted by atomic mass is 16.2. The smallest absolute Gasteiger partial charge is 0.243 e. The van der Waals surface area contributed by atoms with Crippen LogP contribution in [0.15, 0.2) is 42.5 Å². The van der Waals surface area contributed by atoms with Crippen molar-refractivity contribution in [1.82, 2.24) is 5.32 Å². The lowest BCUT2D eigenvalue weighted by Crippen LogP contribution is -2.40. The van der Waals surface area contributed by atoms with Gasteiger partial charge in [-0.05, 0) is 36.1 Å². The third-order valence-electron chi connectivity index (χ3n) is 5.01. The van der Waals surface area contributed by atoms with Crippen molar-refractivity contribution in [3.8, 4) is 0 Å². The zero-order valence-corrected chi connectivity index (χ0v) is 14.1. The minimum atomic E-state index is -0.268. The summed E-state index contributed by atoms with van der Waals surface area (Å²) >= 11 is 0. The Hall–Kier alpha value is -2.82. The number of hydrogen-bond donors (Lipinski definition) is 3. The first-order chi connectivity index (χ1) is 12.1. The van der Waals surface area contributed by atoms with E-state index in [4.69, 9.17) is 0 Å². The maximum Gasteiger partial charge on any atom is 0.243 e. The standard InChI is InChI=1S/C20H21N3O2/c1-12-5-4-6-13-11-17(22-19(12)13)20(25)23-16-9-10-18(24)21-15-8-3-2-7-14(15)16/h2-8,16-17,22H,9-11H2,1H3,(H,21,24)(H,23,25). The van der Waals surface area contributed by atoms with Crippen LogP contribution in [-0.2, 0) is 16.0 Å². The van der Waals surface area contributed by atoms with Gasteiger partial charge in [-0.1, -0.05) is 36.4 Å². The zero-order valence-electron chi connectivity index (χ0n) is 14.1. The summed E-state index contributed by atoms with van der Waals surface area (Å²) in [7, 11) is 0. The van der Waals surface area contributed by atoms with Crippen LogP contribution in [0.5, 0.6) is 0 Å². The Balaban J connectivity index is 1.52. The molecule has 5 nitrogen and oxygen atoms in total. The van der Waals surface area contributed by atoms with Crippen LogP contribution in [0, 0.1) is 6.92 Å². The van der Waals surface area contributed by atoms with E-state index >= 15 is 0 Å². The summed E-state index contributed by atoms with van der Waals surface area (Å²) in [6, 6.07) is 13.4. The molecule has 0 bridgehead atoms. The first-order valence-corrected chi connectivity index (χ1v) is 8.66. The highest BCUT2D eigenvalue weighted by Gasteiger charge is 2.30. The number of hydrogen-bond acceptors (Lipinski definition) is 3. The van der Waals surface area contributed by atoms with E-state index in [0.717, 1.165) is 22.5 Å². The molecule has 2 aliphatic heterocycles. The SMILES string of the molecule is Cc1cccc2c1NC(C(=O)NC1CCC(=O)Nc3ccccc31)C2. The summed E-state index contributed by atoms with van der Waals surface area (Å²) in [4.78, 5) is 24.7. The lowest BCUT2D eigenvalue weighted by Gasteiger charge is -2.21. The van der Waals surface area contributed by atoms with Crippen molar-refractivity contribution in [2.75, 3.05) is 10.6 Å². The maximum atomic E-state index is 12.8. The average molecular weight is 335 g/mol. The van der Waals surface area contributed by atoms with Gasteiger partial charge in [-0.3, -0.25) is 9.59 Å². The van der Waals surface area contributed by atoms with E-state index in [1.54, 1.807) is 0 Å². The Morgan fingerprint density at radius 1 is 1.16 bits per heavy atom. The van der Waals surface area contributed by atoms with E-state index in [1.807, 2.05) is 43.3 Å². The highest BCUT2D eigenvalue weighted by Crippen LogP contribution is 2.32. The molecule has 25 heavy (non-hydrogen) atoms. The van der Waals surface area contributed by atoms with Crippen LogP contribution in [0.4, 0.5) is 11.4 Å². The van der Waals surface area contributed by atoms with Crippen LogP contribution in [0.25, 0.3) is 0 Å². The second-order valence-corrected chi connectivity index (χ2v) is 6.75. The number of fused-ring (bicyclic) bond motifs is 2. The Morgan fingerprint density at radius 3 is 2.84 bits per heavy atom. The lowest BCUT2D eigenvalue weighted by atomic mass is 10.0. The summed E-state index contributed by atoms with van der Waals surface area (Å²) in [6.45, 7) is 2.05. The molecule has 4 rings (SSSR count). The van der Waals surface area contributed by atoms with Gasteiger partial charge in [-0.25, -0.2) is 0 Å². The minimum Gasteiger partial charge on any atom is -0.373 e. The number of carbonyl (C=O) groups excluding carboxylic acids is 2. The molecule has 0 spiro atoms. The number of rotatable bonds is 2. The predicted molar refractivity (Wildman–Crippen MR) is 97.5 cm³/mol. The summed E-state index contributed by atoms with van der Waals surface area (Å²) in [6.07, 6.45) is 1.69. The normalized spacial score (nSPS) is 21.4. The van der Waals surface area contributed by atoms with Gasteiger partial charge in [0.2, 0.25) is 11.8 Å². The maximum absolute atomic E-state index is 12.8. The molecule has 5 heteroatoms. The molecule has 2 aliphatic rings. The summed E-state index contributed by atoms with van der Waals surface area (Å²) in [5.41, 5.74) is 5.16. The number of carbonyl (C=O) groups is 2. The second kappa shape index (κ2) is 6.24. The molecule has 2 heterocycles. The molecule has 2 unspecified atom stereocenters. The number of amides is 2. The largest absolute Gasteiger partial charge is 0.373 e. The van der Waals surface area contributed by atoms with E-state index in [1.165, 1.54) is 5.56 Å². The lowest BCUT2D eigenvalue weighted by molar-refractivity contribution is -0.123. The van der Waals surface area contributed by atoms with Gasteiger partial charge in [0.1, 0.15) is 6.04 Å². The number of aryl methyl sites for hydroxylation is 1. The Bertz CT molecular complexity index is 847. The van der Waals surface area contributed by atoms with Crippen LogP contribution in [0.3, 0.4) is 0 Å². The third kappa shape index (κ3) is 2.97. The summed E-state index contributed by atoms with van der Waals surface area (Å²) < 4.78 is 0. The molecule has 0 fully saturated rings. The zero-order chi connectivity index (χ0) is 17.4. The number of benzene rings is 2. The molecule has 128 valence electrons. The molecule has 0 aromatic heterocycles. The monoisotopic (exact) mass is 335 g/mol. The second-order valence-electron chi connectivity index (χ2n) is 6.75. The van der Waals surface area contributed by atoms with Crippen molar-refractivity contribution in [3.63, 3.8) is 0 Å². The van der Waals surface area contributed by atoms with Crippen molar-refractivity contribution in [2.24, 2.45) is 0 Å². The first kappa shape index (κ1) is 15.7. The fourth-order valence-electron chi connectivity index (χ4n) is 3.69. The van der Waals surface area contributed by atoms with Crippen molar-refractivity contribution in [3.05, 3.63) is 59.2 Å². The van der Waals surface area contributed by atoms with E-state index in [-0.39, 0.29) is 23.9 Å². The number of nitrogens with one attached hydrogen (secondary N) is 3. The van der Waals surface area contributed by atoms with E-state index in [9.17, 15) is 9.59 Å². The Morgan fingerprint density at radius 2 is 2.00 bits per heavy atom. The molecule has 2 aromatic carbocycles. The number of para-hydroxylation sites is 2. The predicted octanol–water partition coefficient (Wildman–Crippen LogP) is 2.92. The van der Waals surface area contributed by atoms with Crippen LogP contribution < -0.4 is 16.0 Å². The van der Waals surface area contributed by atoms with Gasteiger partial charge in [0.15, 0.2) is 0 Å². The molecule has 2 amide bonds.